The third-order valence-electron chi connectivity index (χ3n) is 3.55. The topological polar surface area (TPSA) is 58.2 Å². The van der Waals surface area contributed by atoms with Gasteiger partial charge in [-0.1, -0.05) is 41.9 Å². The van der Waals surface area contributed by atoms with Crippen LogP contribution in [-0.4, -0.2) is 29.4 Å². The van der Waals surface area contributed by atoms with E-state index in [9.17, 15) is 4.79 Å². The molecule has 6 heteroatoms. The van der Waals surface area contributed by atoms with Crippen molar-refractivity contribution >= 4 is 17.3 Å². The summed E-state index contributed by atoms with van der Waals surface area (Å²) < 4.78 is 6.00. The molecule has 0 aliphatic carbocycles. The summed E-state index contributed by atoms with van der Waals surface area (Å²) in [7, 11) is 0. The number of aromatic amines is 1. The quantitative estimate of drug-likeness (QED) is 0.925. The summed E-state index contributed by atoms with van der Waals surface area (Å²) in [5, 5.41) is 6.35. The summed E-state index contributed by atoms with van der Waals surface area (Å²) in [6, 6.07) is 10.0. The molecule has 1 aliphatic heterocycles. The molecule has 1 N–H and O–H groups in total. The fourth-order valence-corrected chi connectivity index (χ4v) is 2.81. The van der Waals surface area contributed by atoms with Crippen molar-refractivity contribution in [3.05, 3.63) is 57.5 Å². The van der Waals surface area contributed by atoms with Gasteiger partial charge in [0.05, 0.1) is 18.0 Å². The van der Waals surface area contributed by atoms with Gasteiger partial charge in [0.25, 0.3) is 5.56 Å². The minimum absolute atomic E-state index is 0.0410. The molecule has 5 nitrogen and oxygen atoms in total. The Morgan fingerprint density at radius 3 is 2.86 bits per heavy atom. The zero-order chi connectivity index (χ0) is 14.8. The van der Waals surface area contributed by atoms with E-state index in [1.165, 1.54) is 0 Å². The molecule has 1 saturated heterocycles. The fraction of sp³-hybridized carbons (Fsp3) is 0.333. The second-order valence-electron chi connectivity index (χ2n) is 5.15. The average Bonchev–Trinajstić information content (AvgIpc) is 2.50. The second kappa shape index (κ2) is 5.87. The molecule has 2 atom stereocenters. The molecule has 3 rings (SSSR count). The van der Waals surface area contributed by atoms with Gasteiger partial charge in [0.1, 0.15) is 11.1 Å². The first-order valence-corrected chi connectivity index (χ1v) is 7.21. The minimum Gasteiger partial charge on any atom is -0.367 e. The number of hydrogen-bond acceptors (Lipinski definition) is 4. The van der Waals surface area contributed by atoms with Crippen molar-refractivity contribution in [1.82, 2.24) is 10.2 Å². The highest BCUT2D eigenvalue weighted by Gasteiger charge is 2.28. The molecular weight excluding hydrogens is 290 g/mol. The van der Waals surface area contributed by atoms with E-state index in [1.54, 1.807) is 6.20 Å². The van der Waals surface area contributed by atoms with Crippen LogP contribution in [0.3, 0.4) is 0 Å². The van der Waals surface area contributed by atoms with Crippen molar-refractivity contribution < 1.29 is 4.74 Å². The van der Waals surface area contributed by atoms with Crippen LogP contribution in [0.1, 0.15) is 18.6 Å². The average molecular weight is 306 g/mol. The Kier molecular flexibility index (Phi) is 3.94. The predicted molar refractivity (Wildman–Crippen MR) is 81.8 cm³/mol. The fourth-order valence-electron chi connectivity index (χ4n) is 2.59. The van der Waals surface area contributed by atoms with E-state index in [4.69, 9.17) is 16.3 Å². The Labute approximate surface area is 127 Å². The molecule has 1 aromatic carbocycles. The van der Waals surface area contributed by atoms with Crippen LogP contribution in [0.5, 0.6) is 0 Å². The summed E-state index contributed by atoms with van der Waals surface area (Å²) in [6.45, 7) is 3.32. The van der Waals surface area contributed by atoms with Gasteiger partial charge in [-0.15, -0.1) is 0 Å². The van der Waals surface area contributed by atoms with Gasteiger partial charge in [0.15, 0.2) is 0 Å². The number of halogens is 1. The Bertz CT molecular complexity index is 674. The first kappa shape index (κ1) is 14.1. The molecule has 0 amide bonds. The van der Waals surface area contributed by atoms with E-state index in [-0.39, 0.29) is 22.8 Å². The lowest BCUT2D eigenvalue weighted by Gasteiger charge is -2.38. The predicted octanol–water partition coefficient (Wildman–Crippen LogP) is 2.39. The molecule has 0 bridgehead atoms. The summed E-state index contributed by atoms with van der Waals surface area (Å²) in [6.07, 6.45) is 1.58. The molecule has 0 radical (unpaired) electrons. The smallest absolute Gasteiger partial charge is 0.285 e. The number of rotatable bonds is 2. The van der Waals surface area contributed by atoms with Crippen molar-refractivity contribution in [2.75, 3.05) is 18.0 Å². The van der Waals surface area contributed by atoms with Crippen LogP contribution >= 0.6 is 11.6 Å². The van der Waals surface area contributed by atoms with Gasteiger partial charge < -0.3 is 9.64 Å². The van der Waals surface area contributed by atoms with Gasteiger partial charge in [-0.3, -0.25) is 4.79 Å². The zero-order valence-corrected chi connectivity index (χ0v) is 12.4. The standard InChI is InChI=1S/C15H16ClN3O2/c1-10-8-19(12-7-17-18-15(20)14(12)16)9-13(21-10)11-5-3-2-4-6-11/h2-7,10,13H,8-9H2,1H3,(H,18,20)/t10-,13-/m0/s1. The van der Waals surface area contributed by atoms with Gasteiger partial charge in [0.2, 0.25) is 0 Å². The number of morpholine rings is 1. The third-order valence-corrected chi connectivity index (χ3v) is 3.91. The zero-order valence-electron chi connectivity index (χ0n) is 11.6. The summed E-state index contributed by atoms with van der Waals surface area (Å²) >= 11 is 6.10. The van der Waals surface area contributed by atoms with Crippen molar-refractivity contribution in [2.24, 2.45) is 0 Å². The van der Waals surface area contributed by atoms with E-state index in [0.29, 0.717) is 18.8 Å². The van der Waals surface area contributed by atoms with Gasteiger partial charge in [0, 0.05) is 13.1 Å². The molecule has 2 aromatic rings. The maximum Gasteiger partial charge on any atom is 0.285 e. The van der Waals surface area contributed by atoms with Crippen LogP contribution in [0.15, 0.2) is 41.3 Å². The van der Waals surface area contributed by atoms with Crippen molar-refractivity contribution in [2.45, 2.75) is 19.1 Å². The lowest BCUT2D eigenvalue weighted by atomic mass is 10.1. The Morgan fingerprint density at radius 2 is 2.10 bits per heavy atom. The van der Waals surface area contributed by atoms with Crippen molar-refractivity contribution in [1.29, 1.82) is 0 Å². The maximum absolute atomic E-state index is 11.6. The molecule has 0 spiro atoms. The number of H-pyrrole nitrogens is 1. The lowest BCUT2D eigenvalue weighted by Crippen LogP contribution is -2.43. The number of ether oxygens (including phenoxy) is 1. The number of hydrogen-bond donors (Lipinski definition) is 1. The highest BCUT2D eigenvalue weighted by molar-refractivity contribution is 6.33. The first-order valence-electron chi connectivity index (χ1n) is 6.83. The molecule has 110 valence electrons. The first-order chi connectivity index (χ1) is 10.1. The summed E-state index contributed by atoms with van der Waals surface area (Å²) in [4.78, 5) is 13.7. The third kappa shape index (κ3) is 2.94. The van der Waals surface area contributed by atoms with E-state index < -0.39 is 0 Å². The molecule has 0 unspecified atom stereocenters. The molecular formula is C15H16ClN3O2. The van der Waals surface area contributed by atoms with E-state index in [2.05, 4.69) is 15.1 Å². The molecule has 2 heterocycles. The number of benzene rings is 1. The largest absolute Gasteiger partial charge is 0.367 e. The molecule has 21 heavy (non-hydrogen) atoms. The van der Waals surface area contributed by atoms with E-state index >= 15 is 0 Å². The van der Waals surface area contributed by atoms with Crippen LogP contribution in [0.25, 0.3) is 0 Å². The van der Waals surface area contributed by atoms with Gasteiger partial charge in [-0.05, 0) is 12.5 Å². The molecule has 1 aliphatic rings. The van der Waals surface area contributed by atoms with Gasteiger partial charge >= 0.3 is 0 Å². The van der Waals surface area contributed by atoms with Crippen LogP contribution < -0.4 is 10.5 Å². The van der Waals surface area contributed by atoms with Crippen LogP contribution in [0.4, 0.5) is 5.69 Å². The SMILES string of the molecule is C[C@H]1CN(c2cn[nH]c(=O)c2Cl)C[C@@H](c2ccccc2)O1. The highest BCUT2D eigenvalue weighted by atomic mass is 35.5. The second-order valence-corrected chi connectivity index (χ2v) is 5.53. The van der Waals surface area contributed by atoms with Gasteiger partial charge in [-0.25, -0.2) is 5.10 Å². The summed E-state index contributed by atoms with van der Waals surface area (Å²) in [5.74, 6) is 0. The lowest BCUT2D eigenvalue weighted by molar-refractivity contribution is -0.0173. The molecule has 1 aromatic heterocycles. The highest BCUT2D eigenvalue weighted by Crippen LogP contribution is 2.30. The van der Waals surface area contributed by atoms with Crippen LogP contribution in [-0.2, 0) is 4.74 Å². The number of aromatic nitrogens is 2. The van der Waals surface area contributed by atoms with Gasteiger partial charge in [-0.2, -0.15) is 5.10 Å². The Hall–Kier alpha value is -1.85. The van der Waals surface area contributed by atoms with Crippen LogP contribution in [0, 0.1) is 0 Å². The van der Waals surface area contributed by atoms with Crippen molar-refractivity contribution in [3.63, 3.8) is 0 Å². The van der Waals surface area contributed by atoms with E-state index in [1.807, 2.05) is 37.3 Å². The van der Waals surface area contributed by atoms with Crippen molar-refractivity contribution in [3.8, 4) is 0 Å². The number of anilines is 1. The number of nitrogens with zero attached hydrogens (tertiary/aromatic N) is 2. The monoisotopic (exact) mass is 305 g/mol. The molecule has 0 saturated carbocycles. The summed E-state index contributed by atoms with van der Waals surface area (Å²) in [5.41, 5.74) is 1.39. The molecule has 1 fully saturated rings. The van der Waals surface area contributed by atoms with E-state index in [0.717, 1.165) is 5.56 Å². The Morgan fingerprint density at radius 1 is 1.33 bits per heavy atom. The normalized spacial score (nSPS) is 22.3. The maximum atomic E-state index is 11.6. The number of nitrogens with one attached hydrogen (secondary N) is 1. The van der Waals surface area contributed by atoms with Crippen LogP contribution in [0.2, 0.25) is 5.02 Å². The minimum atomic E-state index is -0.371. The Balaban J connectivity index is 1.90.